The van der Waals surface area contributed by atoms with Gasteiger partial charge in [-0.15, -0.1) is 0 Å². The second-order valence-corrected chi connectivity index (χ2v) is 6.75. The quantitative estimate of drug-likeness (QED) is 0.901. The maximum Gasteiger partial charge on any atom is 0.223 e. The monoisotopic (exact) mass is 279 g/mol. The molecule has 2 aliphatic heterocycles. The molecular weight excluding hydrogens is 258 g/mol. The van der Waals surface area contributed by atoms with E-state index in [1.54, 1.807) is 0 Å². The van der Waals surface area contributed by atoms with E-state index in [9.17, 15) is 0 Å². The lowest BCUT2D eigenvalue weighted by molar-refractivity contribution is -0.0628. The van der Waals surface area contributed by atoms with Crippen molar-refractivity contribution in [3.05, 3.63) is 17.5 Å². The molecule has 0 aromatic carbocycles. The molecule has 19 heavy (non-hydrogen) atoms. The van der Waals surface area contributed by atoms with E-state index in [1.807, 2.05) is 31.7 Å². The number of nitrogens with one attached hydrogen (secondary N) is 1. The number of aromatic nitrogens is 2. The SMILES string of the molecule is Cc1cc(C)nc(N[C@@H]2CCO[C@@]3(CCSC3)C2)n1. The van der Waals surface area contributed by atoms with Crippen molar-refractivity contribution in [3.8, 4) is 0 Å². The molecule has 0 bridgehead atoms. The predicted octanol–water partition coefficient (Wildman–Crippen LogP) is 2.56. The van der Waals surface area contributed by atoms with Gasteiger partial charge in [-0.05, 0) is 44.9 Å². The Labute approximate surface area is 118 Å². The lowest BCUT2D eigenvalue weighted by Crippen LogP contribution is -2.44. The highest BCUT2D eigenvalue weighted by Crippen LogP contribution is 2.38. The molecule has 0 amide bonds. The fourth-order valence-corrected chi connectivity index (χ4v) is 4.37. The van der Waals surface area contributed by atoms with Crippen LogP contribution in [0, 0.1) is 13.8 Å². The molecule has 0 saturated carbocycles. The van der Waals surface area contributed by atoms with Crippen molar-refractivity contribution >= 4 is 17.7 Å². The second kappa shape index (κ2) is 5.29. The van der Waals surface area contributed by atoms with Crippen molar-refractivity contribution < 1.29 is 4.74 Å². The molecule has 4 nitrogen and oxygen atoms in total. The summed E-state index contributed by atoms with van der Waals surface area (Å²) in [7, 11) is 0. The summed E-state index contributed by atoms with van der Waals surface area (Å²) in [6, 6.07) is 2.44. The van der Waals surface area contributed by atoms with Crippen molar-refractivity contribution in [1.82, 2.24) is 9.97 Å². The Hall–Kier alpha value is -0.810. The minimum Gasteiger partial charge on any atom is -0.374 e. The van der Waals surface area contributed by atoms with Gasteiger partial charge in [0.1, 0.15) is 0 Å². The molecule has 3 heterocycles. The first kappa shape index (κ1) is 13.2. The topological polar surface area (TPSA) is 47.0 Å². The van der Waals surface area contributed by atoms with Gasteiger partial charge in [0.2, 0.25) is 5.95 Å². The third-order valence-electron chi connectivity index (χ3n) is 3.88. The van der Waals surface area contributed by atoms with Gasteiger partial charge < -0.3 is 10.1 Å². The van der Waals surface area contributed by atoms with Crippen molar-refractivity contribution in [2.75, 3.05) is 23.4 Å². The summed E-state index contributed by atoms with van der Waals surface area (Å²) in [5, 5.41) is 3.50. The van der Waals surface area contributed by atoms with Crippen LogP contribution in [0.3, 0.4) is 0 Å². The fraction of sp³-hybridized carbons (Fsp3) is 0.714. The number of anilines is 1. The van der Waals surface area contributed by atoms with E-state index in [2.05, 4.69) is 15.3 Å². The van der Waals surface area contributed by atoms with E-state index in [0.717, 1.165) is 42.5 Å². The molecule has 1 aromatic rings. The van der Waals surface area contributed by atoms with Crippen LogP contribution in [0.25, 0.3) is 0 Å². The summed E-state index contributed by atoms with van der Waals surface area (Å²) in [6.07, 6.45) is 3.31. The van der Waals surface area contributed by atoms with Crippen LogP contribution in [0.5, 0.6) is 0 Å². The maximum atomic E-state index is 6.04. The Kier molecular flexibility index (Phi) is 3.67. The first-order valence-electron chi connectivity index (χ1n) is 6.96. The van der Waals surface area contributed by atoms with Crippen LogP contribution in [0.2, 0.25) is 0 Å². The first-order valence-corrected chi connectivity index (χ1v) is 8.11. The summed E-state index contributed by atoms with van der Waals surface area (Å²) in [6.45, 7) is 4.88. The lowest BCUT2D eigenvalue weighted by Gasteiger charge is -2.38. The number of rotatable bonds is 2. The molecule has 1 spiro atoms. The van der Waals surface area contributed by atoms with Gasteiger partial charge in [-0.25, -0.2) is 9.97 Å². The number of ether oxygens (including phenoxy) is 1. The molecular formula is C14H21N3OS. The minimum atomic E-state index is 0.111. The molecule has 3 rings (SSSR count). The van der Waals surface area contributed by atoms with Gasteiger partial charge >= 0.3 is 0 Å². The Morgan fingerprint density at radius 3 is 2.84 bits per heavy atom. The number of hydrogen-bond donors (Lipinski definition) is 1. The summed E-state index contributed by atoms with van der Waals surface area (Å²) in [4.78, 5) is 8.95. The van der Waals surface area contributed by atoms with Crippen LogP contribution in [-0.4, -0.2) is 39.7 Å². The van der Waals surface area contributed by atoms with Gasteiger partial charge in [0.25, 0.3) is 0 Å². The third-order valence-corrected chi connectivity index (χ3v) is 5.10. The van der Waals surface area contributed by atoms with Crippen molar-refractivity contribution in [2.45, 2.75) is 44.8 Å². The zero-order valence-electron chi connectivity index (χ0n) is 11.6. The van der Waals surface area contributed by atoms with E-state index in [1.165, 1.54) is 12.2 Å². The molecule has 2 fully saturated rings. The maximum absolute atomic E-state index is 6.04. The molecule has 0 aliphatic carbocycles. The first-order chi connectivity index (χ1) is 9.15. The molecule has 1 aromatic heterocycles. The van der Waals surface area contributed by atoms with Gasteiger partial charge in [-0.1, -0.05) is 0 Å². The van der Waals surface area contributed by atoms with E-state index < -0.39 is 0 Å². The van der Waals surface area contributed by atoms with E-state index in [-0.39, 0.29) is 5.60 Å². The number of aryl methyl sites for hydroxylation is 2. The molecule has 5 heteroatoms. The zero-order valence-corrected chi connectivity index (χ0v) is 12.4. The average molecular weight is 279 g/mol. The summed E-state index contributed by atoms with van der Waals surface area (Å²) >= 11 is 2.01. The van der Waals surface area contributed by atoms with E-state index >= 15 is 0 Å². The largest absolute Gasteiger partial charge is 0.374 e. The zero-order chi connectivity index (χ0) is 13.3. The fourth-order valence-electron chi connectivity index (χ4n) is 2.99. The average Bonchev–Trinajstić information content (AvgIpc) is 2.76. The molecule has 2 saturated heterocycles. The Bertz CT molecular complexity index is 440. The normalized spacial score (nSPS) is 30.7. The predicted molar refractivity (Wildman–Crippen MR) is 78.8 cm³/mol. The molecule has 1 N–H and O–H groups in total. The molecule has 0 radical (unpaired) electrons. The molecule has 2 atom stereocenters. The van der Waals surface area contributed by atoms with Gasteiger partial charge in [0.15, 0.2) is 0 Å². The van der Waals surface area contributed by atoms with Crippen LogP contribution < -0.4 is 5.32 Å². The highest BCUT2D eigenvalue weighted by Gasteiger charge is 2.40. The highest BCUT2D eigenvalue weighted by molar-refractivity contribution is 7.99. The molecule has 2 aliphatic rings. The Balaban J connectivity index is 1.69. The Morgan fingerprint density at radius 2 is 2.16 bits per heavy atom. The molecule has 104 valence electrons. The Morgan fingerprint density at radius 1 is 1.37 bits per heavy atom. The van der Waals surface area contributed by atoms with Crippen LogP contribution in [-0.2, 0) is 4.74 Å². The van der Waals surface area contributed by atoms with Crippen LogP contribution in [0.1, 0.15) is 30.7 Å². The number of thioether (sulfide) groups is 1. The van der Waals surface area contributed by atoms with Gasteiger partial charge in [-0.3, -0.25) is 0 Å². The van der Waals surface area contributed by atoms with Gasteiger partial charge in [-0.2, -0.15) is 11.8 Å². The highest BCUT2D eigenvalue weighted by atomic mass is 32.2. The van der Waals surface area contributed by atoms with Crippen LogP contribution in [0.15, 0.2) is 6.07 Å². The van der Waals surface area contributed by atoms with Crippen LogP contribution in [0.4, 0.5) is 5.95 Å². The molecule has 0 unspecified atom stereocenters. The third kappa shape index (κ3) is 3.03. The minimum absolute atomic E-state index is 0.111. The summed E-state index contributed by atoms with van der Waals surface area (Å²) < 4.78 is 6.04. The summed E-state index contributed by atoms with van der Waals surface area (Å²) in [5.74, 6) is 3.14. The van der Waals surface area contributed by atoms with Crippen LogP contribution >= 0.6 is 11.8 Å². The standard InChI is InChI=1S/C14H21N3OS/c1-10-7-11(2)16-13(15-10)17-12-3-5-18-14(8-12)4-6-19-9-14/h7,12H,3-6,8-9H2,1-2H3,(H,15,16,17)/t12-,14+/m1/s1. The van der Waals surface area contributed by atoms with Gasteiger partial charge in [0, 0.05) is 29.8 Å². The smallest absolute Gasteiger partial charge is 0.223 e. The second-order valence-electron chi connectivity index (χ2n) is 5.64. The van der Waals surface area contributed by atoms with Crippen molar-refractivity contribution in [3.63, 3.8) is 0 Å². The lowest BCUT2D eigenvalue weighted by atomic mass is 9.90. The van der Waals surface area contributed by atoms with E-state index in [0.29, 0.717) is 6.04 Å². The van der Waals surface area contributed by atoms with Crippen molar-refractivity contribution in [2.24, 2.45) is 0 Å². The number of hydrogen-bond acceptors (Lipinski definition) is 5. The van der Waals surface area contributed by atoms with Crippen molar-refractivity contribution in [1.29, 1.82) is 0 Å². The summed E-state index contributed by atoms with van der Waals surface area (Å²) in [5.41, 5.74) is 2.15. The number of nitrogens with zero attached hydrogens (tertiary/aromatic N) is 2. The van der Waals surface area contributed by atoms with E-state index in [4.69, 9.17) is 4.74 Å². The van der Waals surface area contributed by atoms with Gasteiger partial charge in [0.05, 0.1) is 5.60 Å².